The maximum atomic E-state index is 12.0. The van der Waals surface area contributed by atoms with Crippen molar-refractivity contribution in [3.63, 3.8) is 0 Å². The van der Waals surface area contributed by atoms with Crippen molar-refractivity contribution in [1.29, 1.82) is 0 Å². The Balaban J connectivity index is 1.85. The lowest BCUT2D eigenvalue weighted by atomic mass is 10.1. The molecule has 3 rings (SSSR count). The van der Waals surface area contributed by atoms with Crippen molar-refractivity contribution < 1.29 is 53.9 Å². The minimum absolute atomic E-state index is 0.0136. The van der Waals surface area contributed by atoms with Crippen LogP contribution in [0, 0.1) is 0 Å². The molecule has 0 radical (unpaired) electrons. The van der Waals surface area contributed by atoms with E-state index in [2.05, 4.69) is 4.98 Å². The van der Waals surface area contributed by atoms with Gasteiger partial charge in [0.15, 0.2) is 0 Å². The standard InChI is InChI=1S/C26H33N5O11/c32-21-4-5-22(33)31(21)6-1-11-42-20-3-2-17-13-28(15-24(36)37)7-9-30(19(26(40)41)12-23(34)35)10-8-29(16-25(38)39)14-18(20)27-17/h2-5,19H,1,6-16H2,(H,34,35)(H,36,37)(H,38,39)(H,40,41)/t19-/m0/s1. The Hall–Kier alpha value is -4.41. The van der Waals surface area contributed by atoms with Crippen molar-refractivity contribution in [2.45, 2.75) is 32.0 Å². The van der Waals surface area contributed by atoms with E-state index in [1.807, 2.05) is 0 Å². The zero-order valence-electron chi connectivity index (χ0n) is 22.8. The van der Waals surface area contributed by atoms with Gasteiger partial charge in [-0.3, -0.25) is 53.4 Å². The summed E-state index contributed by atoms with van der Waals surface area (Å²) in [5.41, 5.74) is 0.812. The number of carbonyl (C=O) groups excluding carboxylic acids is 2. The normalized spacial score (nSPS) is 17.9. The van der Waals surface area contributed by atoms with E-state index in [1.165, 1.54) is 26.9 Å². The average molecular weight is 592 g/mol. The number of amides is 2. The summed E-state index contributed by atoms with van der Waals surface area (Å²) in [5, 5.41) is 38.0. The largest absolute Gasteiger partial charge is 0.492 e. The number of nitrogens with zero attached hydrogens (tertiary/aromatic N) is 5. The number of fused-ring (bicyclic) bond motifs is 2. The Labute approximate surface area is 240 Å². The summed E-state index contributed by atoms with van der Waals surface area (Å²) < 4.78 is 5.88. The molecule has 2 aliphatic rings. The molecule has 4 N–H and O–H groups in total. The Morgan fingerprint density at radius 2 is 1.43 bits per heavy atom. The van der Waals surface area contributed by atoms with Crippen LogP contribution >= 0.6 is 0 Å². The molecule has 1 atom stereocenters. The van der Waals surface area contributed by atoms with E-state index in [0.29, 0.717) is 23.6 Å². The summed E-state index contributed by atoms with van der Waals surface area (Å²) in [6, 6.07) is 1.85. The highest BCUT2D eigenvalue weighted by Gasteiger charge is 2.30. The molecule has 1 aromatic rings. The lowest BCUT2D eigenvalue weighted by molar-refractivity contribution is -0.150. The second-order valence-corrected chi connectivity index (χ2v) is 9.81. The number of carbonyl (C=O) groups is 6. The molecular weight excluding hydrogens is 558 g/mol. The van der Waals surface area contributed by atoms with Crippen LogP contribution in [0.4, 0.5) is 0 Å². The number of ether oxygens (including phenoxy) is 1. The third-order valence-electron chi connectivity index (χ3n) is 6.65. The van der Waals surface area contributed by atoms with Gasteiger partial charge in [0.1, 0.15) is 11.8 Å². The number of hydrogen-bond acceptors (Lipinski definition) is 11. The van der Waals surface area contributed by atoms with Gasteiger partial charge >= 0.3 is 23.9 Å². The smallest absolute Gasteiger partial charge is 0.321 e. The van der Waals surface area contributed by atoms with Gasteiger partial charge in [-0.2, -0.15) is 0 Å². The van der Waals surface area contributed by atoms with Crippen LogP contribution in [0.3, 0.4) is 0 Å². The first-order valence-corrected chi connectivity index (χ1v) is 13.1. The fourth-order valence-corrected chi connectivity index (χ4v) is 4.68. The minimum Gasteiger partial charge on any atom is -0.492 e. The second-order valence-electron chi connectivity index (χ2n) is 9.81. The summed E-state index contributed by atoms with van der Waals surface area (Å²) in [6.45, 7) is -0.401. The Morgan fingerprint density at radius 1 is 0.833 bits per heavy atom. The van der Waals surface area contributed by atoms with Crippen LogP contribution in [0.1, 0.15) is 24.2 Å². The topological polar surface area (TPSA) is 218 Å². The monoisotopic (exact) mass is 591 g/mol. The molecule has 16 heteroatoms. The maximum absolute atomic E-state index is 12.0. The van der Waals surface area contributed by atoms with Crippen molar-refractivity contribution >= 4 is 35.7 Å². The number of rotatable bonds is 13. The molecule has 2 amide bonds. The molecule has 2 aliphatic heterocycles. The first-order chi connectivity index (χ1) is 19.9. The molecule has 1 aromatic heterocycles. The van der Waals surface area contributed by atoms with Crippen LogP contribution < -0.4 is 4.74 Å². The van der Waals surface area contributed by atoms with Gasteiger partial charge in [0, 0.05) is 58.0 Å². The number of hydrogen-bond donors (Lipinski definition) is 4. The van der Waals surface area contributed by atoms with E-state index in [1.54, 1.807) is 12.1 Å². The number of carboxylic acid groups (broad SMARTS) is 4. The van der Waals surface area contributed by atoms with Crippen LogP contribution in [0.25, 0.3) is 0 Å². The summed E-state index contributed by atoms with van der Waals surface area (Å²) in [5.74, 6) is -5.46. The highest BCUT2D eigenvalue weighted by molar-refractivity contribution is 6.12. The molecule has 0 aliphatic carbocycles. The molecule has 0 aromatic carbocycles. The molecule has 16 nitrogen and oxygen atoms in total. The number of carboxylic acids is 4. The third kappa shape index (κ3) is 9.60. The van der Waals surface area contributed by atoms with Crippen LogP contribution in [-0.4, -0.2) is 139 Å². The molecule has 0 unspecified atom stereocenters. The maximum Gasteiger partial charge on any atom is 0.321 e. The molecule has 228 valence electrons. The Morgan fingerprint density at radius 3 is 1.98 bits per heavy atom. The summed E-state index contributed by atoms with van der Waals surface area (Å²) in [6.07, 6.45) is 1.99. The first kappa shape index (κ1) is 32.1. The van der Waals surface area contributed by atoms with E-state index in [4.69, 9.17) is 4.74 Å². The van der Waals surface area contributed by atoms with Gasteiger partial charge in [0.05, 0.1) is 37.5 Å². The molecule has 42 heavy (non-hydrogen) atoms. The van der Waals surface area contributed by atoms with Crippen molar-refractivity contribution in [3.8, 4) is 5.75 Å². The highest BCUT2D eigenvalue weighted by atomic mass is 16.5. The first-order valence-electron chi connectivity index (χ1n) is 13.1. The Kier molecular flexibility index (Phi) is 11.5. The van der Waals surface area contributed by atoms with Gasteiger partial charge < -0.3 is 25.2 Å². The lowest BCUT2D eigenvalue weighted by Gasteiger charge is -2.33. The number of aromatic nitrogens is 1. The molecule has 2 bridgehead atoms. The van der Waals surface area contributed by atoms with Crippen LogP contribution in [0.5, 0.6) is 5.75 Å². The fourth-order valence-electron chi connectivity index (χ4n) is 4.68. The predicted octanol–water partition coefficient (Wildman–Crippen LogP) is -1.21. The van der Waals surface area contributed by atoms with E-state index < -0.39 is 54.7 Å². The SMILES string of the molecule is O=C(O)C[C@@H](C(=O)O)N1CCN(CC(=O)O)Cc2ccc(OCCCN3C(=O)C=CC3=O)c(n2)CN(CC(=O)O)CC1. The highest BCUT2D eigenvalue weighted by Crippen LogP contribution is 2.21. The van der Waals surface area contributed by atoms with Crippen molar-refractivity contribution in [3.05, 3.63) is 35.7 Å². The number of pyridine rings is 1. The van der Waals surface area contributed by atoms with Crippen molar-refractivity contribution in [2.75, 3.05) is 52.4 Å². The molecule has 3 heterocycles. The molecule has 0 saturated carbocycles. The summed E-state index contributed by atoms with van der Waals surface area (Å²) >= 11 is 0. The van der Waals surface area contributed by atoms with Gasteiger partial charge in [0.2, 0.25) is 0 Å². The molecule has 0 saturated heterocycles. The average Bonchev–Trinajstić information content (AvgIpc) is 3.21. The summed E-state index contributed by atoms with van der Waals surface area (Å²) in [4.78, 5) is 80.2. The van der Waals surface area contributed by atoms with Gasteiger partial charge in [-0.25, -0.2) is 0 Å². The van der Waals surface area contributed by atoms with Gasteiger partial charge in [-0.15, -0.1) is 0 Å². The second kappa shape index (κ2) is 15.0. The van der Waals surface area contributed by atoms with E-state index in [9.17, 15) is 49.2 Å². The lowest BCUT2D eigenvalue weighted by Crippen LogP contribution is -2.49. The minimum atomic E-state index is -1.41. The van der Waals surface area contributed by atoms with Crippen molar-refractivity contribution in [2.24, 2.45) is 0 Å². The van der Waals surface area contributed by atoms with Crippen LogP contribution in [0.2, 0.25) is 0 Å². The zero-order valence-corrected chi connectivity index (χ0v) is 22.8. The number of imide groups is 1. The fraction of sp³-hybridized carbons (Fsp3) is 0.500. The van der Waals surface area contributed by atoms with E-state index in [-0.39, 0.29) is 59.0 Å². The van der Waals surface area contributed by atoms with Gasteiger partial charge in [0.25, 0.3) is 11.8 Å². The predicted molar refractivity (Wildman–Crippen MR) is 141 cm³/mol. The van der Waals surface area contributed by atoms with Crippen LogP contribution in [0.15, 0.2) is 24.3 Å². The quantitative estimate of drug-likeness (QED) is 0.156. The zero-order chi connectivity index (χ0) is 30.8. The van der Waals surface area contributed by atoms with Crippen molar-refractivity contribution in [1.82, 2.24) is 24.6 Å². The van der Waals surface area contributed by atoms with E-state index in [0.717, 1.165) is 4.90 Å². The Bertz CT molecular complexity index is 1220. The molecule has 0 fully saturated rings. The third-order valence-corrected chi connectivity index (χ3v) is 6.65. The summed E-state index contributed by atoms with van der Waals surface area (Å²) in [7, 11) is 0. The van der Waals surface area contributed by atoms with Gasteiger partial charge in [-0.1, -0.05) is 0 Å². The number of aliphatic carboxylic acids is 4. The molecular formula is C26H33N5O11. The van der Waals surface area contributed by atoms with Crippen LogP contribution in [-0.2, 0) is 41.9 Å². The van der Waals surface area contributed by atoms with E-state index >= 15 is 0 Å². The molecule has 0 spiro atoms. The van der Waals surface area contributed by atoms with Gasteiger partial charge in [-0.05, 0) is 18.6 Å².